The lowest BCUT2D eigenvalue weighted by Crippen LogP contribution is -2.42. The van der Waals surface area contributed by atoms with Gasteiger partial charge < -0.3 is 15.5 Å². The second-order valence-electron chi connectivity index (χ2n) is 11.1. The Labute approximate surface area is 239 Å². The second-order valence-corrected chi connectivity index (χ2v) is 11.1. The number of piperidine rings is 1. The lowest BCUT2D eigenvalue weighted by Gasteiger charge is -2.34. The fourth-order valence-corrected chi connectivity index (χ4v) is 5.12. The number of pyridine rings is 1. The van der Waals surface area contributed by atoms with Gasteiger partial charge >= 0.3 is 12.4 Å². The van der Waals surface area contributed by atoms with Gasteiger partial charge in [-0.3, -0.25) is 4.79 Å². The second kappa shape index (κ2) is 11.2. The first-order chi connectivity index (χ1) is 19.4. The van der Waals surface area contributed by atoms with E-state index in [1.807, 2.05) is 4.90 Å². The van der Waals surface area contributed by atoms with Gasteiger partial charge in [0.05, 0.1) is 28.4 Å². The molecule has 1 aliphatic heterocycles. The van der Waals surface area contributed by atoms with Crippen molar-refractivity contribution in [2.75, 3.05) is 29.9 Å². The van der Waals surface area contributed by atoms with E-state index >= 15 is 0 Å². The summed E-state index contributed by atoms with van der Waals surface area (Å²) in [5.74, 6) is -0.640. The zero-order valence-electron chi connectivity index (χ0n) is 23.5. The van der Waals surface area contributed by atoms with Gasteiger partial charge in [0.2, 0.25) is 5.91 Å². The number of nitrogens with two attached hydrogens (primary N) is 1. The number of alkyl halides is 6. The lowest BCUT2D eigenvalue weighted by atomic mass is 9.81. The van der Waals surface area contributed by atoms with Gasteiger partial charge in [0.15, 0.2) is 0 Å². The molecule has 226 valence electrons. The van der Waals surface area contributed by atoms with Gasteiger partial charge in [-0.25, -0.2) is 9.37 Å². The molecular formula is C30H31F7N4O. The monoisotopic (exact) mass is 596 g/mol. The van der Waals surface area contributed by atoms with Crippen LogP contribution in [0.3, 0.4) is 0 Å². The van der Waals surface area contributed by atoms with Gasteiger partial charge in [0, 0.05) is 31.7 Å². The summed E-state index contributed by atoms with van der Waals surface area (Å²) in [6.07, 6.45) is -7.20. The van der Waals surface area contributed by atoms with Crippen LogP contribution in [-0.4, -0.2) is 37.1 Å². The van der Waals surface area contributed by atoms with E-state index in [1.54, 1.807) is 19.1 Å². The molecule has 5 nitrogen and oxygen atoms in total. The molecule has 1 fully saturated rings. The Morgan fingerprint density at radius 1 is 0.905 bits per heavy atom. The van der Waals surface area contributed by atoms with Gasteiger partial charge in [0.1, 0.15) is 11.6 Å². The fraction of sp³-hybridized carbons (Fsp3) is 0.400. The van der Waals surface area contributed by atoms with Crippen LogP contribution in [0.5, 0.6) is 0 Å². The number of likely N-dealkylation sites (N-methyl/N-ethyl adjacent to an activating group) is 1. The van der Waals surface area contributed by atoms with Crippen molar-refractivity contribution in [3.63, 3.8) is 0 Å². The van der Waals surface area contributed by atoms with E-state index in [-0.39, 0.29) is 17.8 Å². The summed E-state index contributed by atoms with van der Waals surface area (Å²) in [4.78, 5) is 21.6. The van der Waals surface area contributed by atoms with Crippen LogP contribution in [0, 0.1) is 12.7 Å². The molecule has 4 rings (SSSR count). The summed E-state index contributed by atoms with van der Waals surface area (Å²) < 4.78 is 95.3. The van der Waals surface area contributed by atoms with Crippen molar-refractivity contribution in [2.24, 2.45) is 5.73 Å². The molecule has 1 aromatic heterocycles. The minimum absolute atomic E-state index is 0.0271. The number of aryl methyl sites for hydroxylation is 1. The first-order valence-corrected chi connectivity index (χ1v) is 13.2. The highest BCUT2D eigenvalue weighted by atomic mass is 19.4. The molecule has 2 aromatic carbocycles. The van der Waals surface area contributed by atoms with Crippen molar-refractivity contribution in [2.45, 2.75) is 57.4 Å². The van der Waals surface area contributed by atoms with Crippen LogP contribution in [0.4, 0.5) is 42.2 Å². The molecule has 1 amide bonds. The number of hydrogen-bond acceptors (Lipinski definition) is 4. The van der Waals surface area contributed by atoms with Crippen molar-refractivity contribution in [1.29, 1.82) is 0 Å². The first-order valence-electron chi connectivity index (χ1n) is 13.2. The van der Waals surface area contributed by atoms with Gasteiger partial charge in [-0.2, -0.15) is 26.3 Å². The minimum atomic E-state index is -5.06. The van der Waals surface area contributed by atoms with E-state index < -0.39 is 46.2 Å². The number of anilines is 2. The molecule has 0 spiro atoms. The highest BCUT2D eigenvalue weighted by Gasteiger charge is 2.41. The molecule has 0 radical (unpaired) electrons. The van der Waals surface area contributed by atoms with E-state index in [0.29, 0.717) is 47.7 Å². The van der Waals surface area contributed by atoms with Crippen LogP contribution >= 0.6 is 0 Å². The fourth-order valence-electron chi connectivity index (χ4n) is 5.12. The van der Waals surface area contributed by atoms with E-state index in [9.17, 15) is 35.5 Å². The maximum absolute atomic E-state index is 14.0. The predicted octanol–water partition coefficient (Wildman–Crippen LogP) is 7.10. The Kier molecular flexibility index (Phi) is 8.34. The summed E-state index contributed by atoms with van der Waals surface area (Å²) in [7, 11) is 1.38. The molecule has 42 heavy (non-hydrogen) atoms. The van der Waals surface area contributed by atoms with Crippen molar-refractivity contribution in [1.82, 2.24) is 4.98 Å². The van der Waals surface area contributed by atoms with E-state index in [1.165, 1.54) is 39.2 Å². The average Bonchev–Trinajstić information content (AvgIpc) is 2.91. The van der Waals surface area contributed by atoms with Crippen molar-refractivity contribution < 1.29 is 35.5 Å². The third kappa shape index (κ3) is 6.38. The first kappa shape index (κ1) is 31.3. The molecule has 0 atom stereocenters. The number of benzene rings is 2. The maximum Gasteiger partial charge on any atom is 0.416 e. The highest BCUT2D eigenvalue weighted by molar-refractivity contribution is 6.03. The average molecular weight is 597 g/mol. The Bertz CT molecular complexity index is 1440. The quantitative estimate of drug-likeness (QED) is 0.319. The minimum Gasteiger partial charge on any atom is -0.356 e. The van der Waals surface area contributed by atoms with Gasteiger partial charge in [0.25, 0.3) is 0 Å². The third-order valence-corrected chi connectivity index (χ3v) is 7.72. The molecule has 0 bridgehead atoms. The van der Waals surface area contributed by atoms with Crippen LogP contribution < -0.4 is 15.5 Å². The zero-order valence-corrected chi connectivity index (χ0v) is 23.5. The van der Waals surface area contributed by atoms with Crippen LogP contribution in [0.1, 0.15) is 48.9 Å². The normalized spacial score (nSPS) is 15.2. The largest absolute Gasteiger partial charge is 0.416 e. The molecule has 1 aliphatic rings. The molecule has 12 heteroatoms. The molecule has 2 N–H and O–H groups in total. The van der Waals surface area contributed by atoms with E-state index in [4.69, 9.17) is 5.73 Å². The Morgan fingerprint density at radius 3 is 1.98 bits per heavy atom. The number of aromatic nitrogens is 1. The Morgan fingerprint density at radius 2 is 1.45 bits per heavy atom. The SMILES string of the molecule is Cc1cc(F)ccc1-c1cc(N2CCC(N)CC2)ncc1N(C)C(=O)C(C)(C)c1cc(C(F)(F)F)cc(C(F)(F)F)c1. The summed E-state index contributed by atoms with van der Waals surface area (Å²) in [6, 6.07) is 7.10. The molecule has 0 saturated carbocycles. The summed E-state index contributed by atoms with van der Waals surface area (Å²) >= 11 is 0. The lowest BCUT2D eigenvalue weighted by molar-refractivity contribution is -0.143. The predicted molar refractivity (Wildman–Crippen MR) is 147 cm³/mol. The number of amides is 1. The Hall–Kier alpha value is -3.67. The topological polar surface area (TPSA) is 62.5 Å². The van der Waals surface area contributed by atoms with Crippen molar-refractivity contribution in [3.05, 3.63) is 76.7 Å². The summed E-state index contributed by atoms with van der Waals surface area (Å²) in [5, 5.41) is 0. The molecule has 1 saturated heterocycles. The molecule has 0 unspecified atom stereocenters. The Balaban J connectivity index is 1.81. The number of carbonyl (C=O) groups is 1. The zero-order chi connectivity index (χ0) is 31.2. The standard InChI is InChI=1S/C30H31F7N4O/c1-17-11-21(31)5-6-23(17)24-15-26(41-9-7-22(38)8-10-41)39-16-25(24)40(4)27(42)28(2,3)18-12-19(29(32,33)34)14-20(13-18)30(35,36)37/h5-6,11-16,22H,7-10,38H2,1-4H3. The van der Waals surface area contributed by atoms with Crippen molar-refractivity contribution in [3.8, 4) is 11.1 Å². The third-order valence-electron chi connectivity index (χ3n) is 7.72. The van der Waals surface area contributed by atoms with E-state index in [0.717, 1.165) is 17.7 Å². The van der Waals surface area contributed by atoms with Crippen molar-refractivity contribution >= 4 is 17.4 Å². The number of nitrogens with zero attached hydrogens (tertiary/aromatic N) is 3. The van der Waals surface area contributed by atoms with Gasteiger partial charge in [-0.15, -0.1) is 0 Å². The summed E-state index contributed by atoms with van der Waals surface area (Å²) in [6.45, 7) is 5.52. The number of rotatable bonds is 5. The van der Waals surface area contributed by atoms with Crippen LogP contribution in [-0.2, 0) is 22.6 Å². The molecular weight excluding hydrogens is 565 g/mol. The van der Waals surface area contributed by atoms with Crippen LogP contribution in [0.2, 0.25) is 0 Å². The van der Waals surface area contributed by atoms with Crippen LogP contribution in [0.15, 0.2) is 48.7 Å². The smallest absolute Gasteiger partial charge is 0.356 e. The van der Waals surface area contributed by atoms with Crippen LogP contribution in [0.25, 0.3) is 11.1 Å². The summed E-state index contributed by atoms with van der Waals surface area (Å²) in [5.41, 5.74) is 2.64. The van der Waals surface area contributed by atoms with E-state index in [2.05, 4.69) is 4.98 Å². The molecule has 3 aromatic rings. The van der Waals surface area contributed by atoms with Gasteiger partial charge in [-0.05, 0) is 86.7 Å². The molecule has 2 heterocycles. The maximum atomic E-state index is 14.0. The number of carbonyl (C=O) groups excluding carboxylic acids is 1. The van der Waals surface area contributed by atoms with Gasteiger partial charge in [-0.1, -0.05) is 6.07 Å². The number of halogens is 7. The molecule has 0 aliphatic carbocycles. The highest BCUT2D eigenvalue weighted by Crippen LogP contribution is 2.41. The number of hydrogen-bond donors (Lipinski definition) is 1.